The highest BCUT2D eigenvalue weighted by Gasteiger charge is 2.15. The maximum absolute atomic E-state index is 12.7. The number of benzene rings is 2. The molecule has 2 aromatic carbocycles. The molecule has 1 aromatic heterocycles. The van der Waals surface area contributed by atoms with E-state index in [9.17, 15) is 9.90 Å². The fourth-order valence-electron chi connectivity index (χ4n) is 2.61. The number of hydrogen-bond donors (Lipinski definition) is 1. The van der Waals surface area contributed by atoms with Gasteiger partial charge in [-0.1, -0.05) is 53.4 Å². The van der Waals surface area contributed by atoms with Crippen LogP contribution in [-0.2, 0) is 6.54 Å². The van der Waals surface area contributed by atoms with Gasteiger partial charge in [0.05, 0.1) is 6.54 Å². The standard InChI is InChI=1S/C23H22N2O3/c1-23(2,27)13-12-17-8-7-11-19(14-17)22(26)25(3)16-20-15-21(24-28-20)18-9-5-4-6-10-18/h4-11,14-15,27H,16H2,1-3H3. The van der Waals surface area contributed by atoms with Gasteiger partial charge in [0.1, 0.15) is 11.3 Å². The number of aliphatic hydroxyl groups is 1. The average molecular weight is 374 g/mol. The normalized spacial score (nSPS) is 10.9. The summed E-state index contributed by atoms with van der Waals surface area (Å²) in [5, 5.41) is 13.8. The first-order valence-corrected chi connectivity index (χ1v) is 8.94. The molecule has 0 saturated heterocycles. The Balaban J connectivity index is 1.71. The minimum atomic E-state index is -1.08. The van der Waals surface area contributed by atoms with Crippen LogP contribution in [0.5, 0.6) is 0 Å². The molecule has 0 saturated carbocycles. The summed E-state index contributed by atoms with van der Waals surface area (Å²) in [5.74, 6) is 6.10. The van der Waals surface area contributed by atoms with E-state index in [0.29, 0.717) is 23.4 Å². The lowest BCUT2D eigenvalue weighted by molar-refractivity contribution is 0.0772. The smallest absolute Gasteiger partial charge is 0.254 e. The molecule has 0 aliphatic carbocycles. The number of rotatable bonds is 4. The van der Waals surface area contributed by atoms with Gasteiger partial charge in [0.25, 0.3) is 5.91 Å². The lowest BCUT2D eigenvalue weighted by atomic mass is 10.1. The third-order valence-corrected chi connectivity index (χ3v) is 3.99. The molecule has 5 heteroatoms. The Morgan fingerprint density at radius 3 is 2.61 bits per heavy atom. The maximum Gasteiger partial charge on any atom is 0.254 e. The van der Waals surface area contributed by atoms with E-state index in [2.05, 4.69) is 17.0 Å². The van der Waals surface area contributed by atoms with Gasteiger partial charge in [0, 0.05) is 29.8 Å². The van der Waals surface area contributed by atoms with Crippen molar-refractivity contribution in [2.75, 3.05) is 7.05 Å². The van der Waals surface area contributed by atoms with Crippen LogP contribution in [-0.4, -0.2) is 33.7 Å². The molecule has 0 fully saturated rings. The molecule has 0 spiro atoms. The third-order valence-electron chi connectivity index (χ3n) is 3.99. The van der Waals surface area contributed by atoms with Crippen LogP contribution in [0.2, 0.25) is 0 Å². The molecule has 1 N–H and O–H groups in total. The van der Waals surface area contributed by atoms with Crippen LogP contribution in [0.4, 0.5) is 0 Å². The van der Waals surface area contributed by atoms with E-state index < -0.39 is 5.60 Å². The number of hydrogen-bond acceptors (Lipinski definition) is 4. The molecule has 1 amide bonds. The van der Waals surface area contributed by atoms with Crippen LogP contribution < -0.4 is 0 Å². The molecule has 0 aliphatic heterocycles. The van der Waals surface area contributed by atoms with Gasteiger partial charge in [-0.15, -0.1) is 0 Å². The second-order valence-electron chi connectivity index (χ2n) is 7.10. The van der Waals surface area contributed by atoms with Crippen molar-refractivity contribution >= 4 is 5.91 Å². The van der Waals surface area contributed by atoms with Crippen molar-refractivity contribution < 1.29 is 14.4 Å². The molecule has 28 heavy (non-hydrogen) atoms. The first kappa shape index (κ1) is 19.4. The van der Waals surface area contributed by atoms with Gasteiger partial charge in [-0.3, -0.25) is 4.79 Å². The van der Waals surface area contributed by atoms with Gasteiger partial charge in [-0.05, 0) is 32.0 Å². The zero-order valence-electron chi connectivity index (χ0n) is 16.1. The fourth-order valence-corrected chi connectivity index (χ4v) is 2.61. The number of carbonyl (C=O) groups is 1. The lowest BCUT2D eigenvalue weighted by Crippen LogP contribution is -2.26. The predicted molar refractivity (Wildman–Crippen MR) is 107 cm³/mol. The number of amides is 1. The number of nitrogens with zero attached hydrogens (tertiary/aromatic N) is 2. The van der Waals surface area contributed by atoms with Crippen LogP contribution >= 0.6 is 0 Å². The van der Waals surface area contributed by atoms with Crippen molar-refractivity contribution in [3.63, 3.8) is 0 Å². The molecule has 0 atom stereocenters. The zero-order valence-corrected chi connectivity index (χ0v) is 16.1. The van der Waals surface area contributed by atoms with Gasteiger partial charge in [-0.2, -0.15) is 0 Å². The molecule has 1 heterocycles. The molecule has 0 unspecified atom stereocenters. The second-order valence-corrected chi connectivity index (χ2v) is 7.10. The summed E-state index contributed by atoms with van der Waals surface area (Å²) in [6.45, 7) is 3.53. The Kier molecular flexibility index (Phi) is 5.62. The lowest BCUT2D eigenvalue weighted by Gasteiger charge is -2.15. The molecular formula is C23H22N2O3. The average Bonchev–Trinajstić information content (AvgIpc) is 3.14. The molecule has 5 nitrogen and oxygen atoms in total. The summed E-state index contributed by atoms with van der Waals surface area (Å²) in [6, 6.07) is 18.6. The van der Waals surface area contributed by atoms with Crippen molar-refractivity contribution in [3.05, 3.63) is 77.6 Å². The molecular weight excluding hydrogens is 352 g/mol. The largest absolute Gasteiger partial charge is 0.378 e. The molecule has 0 radical (unpaired) electrons. The quantitative estimate of drug-likeness (QED) is 0.707. The first-order chi connectivity index (χ1) is 13.3. The summed E-state index contributed by atoms with van der Waals surface area (Å²) in [5.41, 5.74) is 1.81. The van der Waals surface area contributed by atoms with E-state index in [-0.39, 0.29) is 5.91 Å². The van der Waals surface area contributed by atoms with Crippen LogP contribution in [0.25, 0.3) is 11.3 Å². The van der Waals surface area contributed by atoms with Crippen LogP contribution in [0, 0.1) is 11.8 Å². The van der Waals surface area contributed by atoms with E-state index in [1.54, 1.807) is 50.1 Å². The van der Waals surface area contributed by atoms with Gasteiger partial charge < -0.3 is 14.5 Å². The summed E-state index contributed by atoms with van der Waals surface area (Å²) in [7, 11) is 1.71. The third kappa shape index (κ3) is 5.09. The van der Waals surface area contributed by atoms with Crippen LogP contribution in [0.3, 0.4) is 0 Å². The molecule has 142 valence electrons. The first-order valence-electron chi connectivity index (χ1n) is 8.94. The van der Waals surface area contributed by atoms with Crippen LogP contribution in [0.15, 0.2) is 65.2 Å². The van der Waals surface area contributed by atoms with E-state index in [4.69, 9.17) is 4.52 Å². The molecule has 3 rings (SSSR count). The predicted octanol–water partition coefficient (Wildman–Crippen LogP) is 3.74. The molecule has 3 aromatic rings. The topological polar surface area (TPSA) is 66.6 Å². The second kappa shape index (κ2) is 8.12. The summed E-state index contributed by atoms with van der Waals surface area (Å²) >= 11 is 0. The minimum Gasteiger partial charge on any atom is -0.378 e. The Labute approximate surface area is 164 Å². The summed E-state index contributed by atoms with van der Waals surface area (Å²) in [4.78, 5) is 14.3. The van der Waals surface area contributed by atoms with E-state index in [0.717, 1.165) is 11.3 Å². The Hall–Kier alpha value is -3.36. The van der Waals surface area contributed by atoms with Crippen molar-refractivity contribution in [3.8, 4) is 23.1 Å². The highest BCUT2D eigenvalue weighted by Crippen LogP contribution is 2.19. The Bertz CT molecular complexity index is 1020. The van der Waals surface area contributed by atoms with Crippen molar-refractivity contribution in [2.45, 2.75) is 26.0 Å². The van der Waals surface area contributed by atoms with Gasteiger partial charge in [-0.25, -0.2) is 0 Å². The van der Waals surface area contributed by atoms with Crippen molar-refractivity contribution in [1.82, 2.24) is 10.1 Å². The molecule has 0 aliphatic rings. The Morgan fingerprint density at radius 1 is 1.14 bits per heavy atom. The highest BCUT2D eigenvalue weighted by atomic mass is 16.5. The van der Waals surface area contributed by atoms with E-state index >= 15 is 0 Å². The minimum absolute atomic E-state index is 0.149. The monoisotopic (exact) mass is 374 g/mol. The van der Waals surface area contributed by atoms with Gasteiger partial charge in [0.15, 0.2) is 5.76 Å². The van der Waals surface area contributed by atoms with Gasteiger partial charge >= 0.3 is 0 Å². The Morgan fingerprint density at radius 2 is 1.89 bits per heavy atom. The van der Waals surface area contributed by atoms with E-state index in [1.807, 2.05) is 36.4 Å². The molecule has 0 bridgehead atoms. The fraction of sp³-hybridized carbons (Fsp3) is 0.217. The SMILES string of the molecule is CN(Cc1cc(-c2ccccc2)no1)C(=O)c1cccc(C#CC(C)(C)O)c1. The summed E-state index contributed by atoms with van der Waals surface area (Å²) in [6.07, 6.45) is 0. The number of aromatic nitrogens is 1. The van der Waals surface area contributed by atoms with Crippen LogP contribution in [0.1, 0.15) is 35.5 Å². The summed E-state index contributed by atoms with van der Waals surface area (Å²) < 4.78 is 5.38. The van der Waals surface area contributed by atoms with E-state index in [1.165, 1.54) is 0 Å². The van der Waals surface area contributed by atoms with Crippen molar-refractivity contribution in [2.24, 2.45) is 0 Å². The highest BCUT2D eigenvalue weighted by molar-refractivity contribution is 5.94. The maximum atomic E-state index is 12.7. The zero-order chi connectivity index (χ0) is 20.1. The van der Waals surface area contributed by atoms with Crippen molar-refractivity contribution in [1.29, 1.82) is 0 Å². The van der Waals surface area contributed by atoms with Gasteiger partial charge in [0.2, 0.25) is 0 Å². The number of carbonyl (C=O) groups excluding carboxylic acids is 1.